The van der Waals surface area contributed by atoms with Crippen LogP contribution in [0.3, 0.4) is 0 Å². The Labute approximate surface area is 63.0 Å². The van der Waals surface area contributed by atoms with Gasteiger partial charge in [-0.1, -0.05) is 6.92 Å². The summed E-state index contributed by atoms with van der Waals surface area (Å²) in [6.45, 7) is 3.64. The zero-order valence-corrected chi connectivity index (χ0v) is 7.23. The minimum Gasteiger partial charge on any atom is -0.319 e. The molecule has 0 saturated heterocycles. The molecule has 0 aromatic rings. The molecule has 0 aliphatic rings. The van der Waals surface area contributed by atoms with E-state index in [2.05, 4.69) is 0 Å². The lowest BCUT2D eigenvalue weighted by Crippen LogP contribution is -2.40. The summed E-state index contributed by atoms with van der Waals surface area (Å²) < 4.78 is 0.0256. The van der Waals surface area contributed by atoms with Gasteiger partial charge >= 0.3 is 0 Å². The van der Waals surface area contributed by atoms with Gasteiger partial charge < -0.3 is 5.73 Å². The summed E-state index contributed by atoms with van der Waals surface area (Å²) >= 11 is 1.72. The molecule has 0 aromatic carbocycles. The standard InChI is InChI=1S/C5H10INO/c1-3-5(2,7)4(6)8/h3,7H2,1-2H3/t5-/m0/s1. The predicted octanol–water partition coefficient (Wildman–Crippen LogP) is 1.08. The SMILES string of the molecule is CC[C@](C)(N)C(=O)I. The summed E-state index contributed by atoms with van der Waals surface area (Å²) in [5.74, 6) is 0. The van der Waals surface area contributed by atoms with Crippen molar-refractivity contribution in [2.24, 2.45) is 5.73 Å². The van der Waals surface area contributed by atoms with Crippen LogP contribution in [0.4, 0.5) is 0 Å². The fraction of sp³-hybridized carbons (Fsp3) is 0.800. The largest absolute Gasteiger partial charge is 0.319 e. The zero-order valence-electron chi connectivity index (χ0n) is 5.07. The summed E-state index contributed by atoms with van der Waals surface area (Å²) in [6.07, 6.45) is 0.703. The van der Waals surface area contributed by atoms with Crippen molar-refractivity contribution in [1.29, 1.82) is 0 Å². The monoisotopic (exact) mass is 227 g/mol. The first-order valence-corrected chi connectivity index (χ1v) is 3.57. The lowest BCUT2D eigenvalue weighted by molar-refractivity contribution is -0.113. The van der Waals surface area contributed by atoms with Gasteiger partial charge in [0.2, 0.25) is 3.79 Å². The third-order valence-electron chi connectivity index (χ3n) is 1.18. The molecule has 1 atom stereocenters. The zero-order chi connectivity index (χ0) is 6.78. The number of carbonyl (C=O) groups excluding carboxylic acids is 1. The molecule has 0 fully saturated rings. The summed E-state index contributed by atoms with van der Waals surface area (Å²) in [7, 11) is 0. The molecule has 0 saturated carbocycles. The van der Waals surface area contributed by atoms with Crippen LogP contribution in [0.5, 0.6) is 0 Å². The molecule has 0 aliphatic heterocycles. The molecule has 3 heteroatoms. The van der Waals surface area contributed by atoms with Crippen LogP contribution in [0.1, 0.15) is 20.3 Å². The molecule has 0 spiro atoms. The van der Waals surface area contributed by atoms with Gasteiger partial charge in [0.15, 0.2) is 0 Å². The van der Waals surface area contributed by atoms with Crippen LogP contribution < -0.4 is 5.73 Å². The highest BCUT2D eigenvalue weighted by Crippen LogP contribution is 2.09. The normalized spacial score (nSPS) is 17.5. The second-order valence-electron chi connectivity index (χ2n) is 2.04. The van der Waals surface area contributed by atoms with E-state index in [4.69, 9.17) is 5.73 Å². The van der Waals surface area contributed by atoms with Crippen molar-refractivity contribution >= 4 is 26.4 Å². The second-order valence-corrected chi connectivity index (χ2v) is 3.02. The van der Waals surface area contributed by atoms with E-state index in [0.29, 0.717) is 6.42 Å². The van der Waals surface area contributed by atoms with E-state index in [1.807, 2.05) is 6.92 Å². The van der Waals surface area contributed by atoms with Crippen LogP contribution in [0.25, 0.3) is 0 Å². The first-order valence-electron chi connectivity index (χ1n) is 2.49. The van der Waals surface area contributed by atoms with Gasteiger partial charge in [-0.3, -0.25) is 4.79 Å². The smallest absolute Gasteiger partial charge is 0.211 e. The van der Waals surface area contributed by atoms with Gasteiger partial charge in [0, 0.05) is 22.6 Å². The molecule has 0 rings (SSSR count). The van der Waals surface area contributed by atoms with Crippen molar-refractivity contribution in [3.8, 4) is 0 Å². The lowest BCUT2D eigenvalue weighted by Gasteiger charge is -2.15. The van der Waals surface area contributed by atoms with Crippen molar-refractivity contribution in [2.45, 2.75) is 25.8 Å². The van der Waals surface area contributed by atoms with Crippen molar-refractivity contribution in [3.05, 3.63) is 0 Å². The Kier molecular flexibility index (Phi) is 2.90. The van der Waals surface area contributed by atoms with Crippen molar-refractivity contribution in [1.82, 2.24) is 0 Å². The fourth-order valence-corrected chi connectivity index (χ4v) is 0.520. The van der Waals surface area contributed by atoms with E-state index in [9.17, 15) is 4.79 Å². The van der Waals surface area contributed by atoms with E-state index in [-0.39, 0.29) is 3.79 Å². The van der Waals surface area contributed by atoms with Gasteiger partial charge in [0.05, 0.1) is 5.54 Å². The number of hydrogen-bond donors (Lipinski definition) is 1. The fourth-order valence-electron chi connectivity index (χ4n) is 0.139. The quantitative estimate of drug-likeness (QED) is 0.566. The predicted molar refractivity (Wildman–Crippen MR) is 41.9 cm³/mol. The lowest BCUT2D eigenvalue weighted by atomic mass is 10.0. The van der Waals surface area contributed by atoms with Gasteiger partial charge in [0.25, 0.3) is 0 Å². The minimum atomic E-state index is -0.611. The number of carbonyl (C=O) groups is 1. The Hall–Kier alpha value is 0.360. The van der Waals surface area contributed by atoms with Crippen LogP contribution in [-0.2, 0) is 4.79 Å². The number of nitrogens with two attached hydrogens (primary N) is 1. The van der Waals surface area contributed by atoms with Crippen LogP contribution in [-0.4, -0.2) is 9.33 Å². The molecule has 0 bridgehead atoms. The summed E-state index contributed by atoms with van der Waals surface area (Å²) in [4.78, 5) is 10.6. The van der Waals surface area contributed by atoms with Crippen LogP contribution in [0.15, 0.2) is 0 Å². The third-order valence-corrected chi connectivity index (χ3v) is 2.42. The molecule has 0 heterocycles. The maximum atomic E-state index is 10.6. The Bertz CT molecular complexity index is 101. The molecule has 0 aromatic heterocycles. The van der Waals surface area contributed by atoms with Crippen LogP contribution >= 0.6 is 22.6 Å². The van der Waals surface area contributed by atoms with E-state index < -0.39 is 5.54 Å². The number of hydrogen-bond acceptors (Lipinski definition) is 2. The topological polar surface area (TPSA) is 43.1 Å². The number of rotatable bonds is 2. The van der Waals surface area contributed by atoms with Crippen molar-refractivity contribution in [2.75, 3.05) is 0 Å². The minimum absolute atomic E-state index is 0.0256. The molecule has 0 amide bonds. The summed E-state index contributed by atoms with van der Waals surface area (Å²) in [5, 5.41) is 0. The van der Waals surface area contributed by atoms with Gasteiger partial charge in [-0.25, -0.2) is 0 Å². The third kappa shape index (κ3) is 2.09. The van der Waals surface area contributed by atoms with E-state index in [1.165, 1.54) is 0 Å². The van der Waals surface area contributed by atoms with Crippen LogP contribution in [0, 0.1) is 0 Å². The molecule has 0 unspecified atom stereocenters. The van der Waals surface area contributed by atoms with Crippen LogP contribution in [0.2, 0.25) is 0 Å². The first-order chi connectivity index (χ1) is 3.50. The van der Waals surface area contributed by atoms with Crippen molar-refractivity contribution < 1.29 is 4.79 Å². The van der Waals surface area contributed by atoms with Gasteiger partial charge in [-0.05, 0) is 13.3 Å². The van der Waals surface area contributed by atoms with E-state index >= 15 is 0 Å². The number of halogens is 1. The molecular weight excluding hydrogens is 217 g/mol. The van der Waals surface area contributed by atoms with E-state index in [0.717, 1.165) is 0 Å². The summed E-state index contributed by atoms with van der Waals surface area (Å²) in [5.41, 5.74) is 4.89. The molecule has 0 aliphatic carbocycles. The molecule has 2 nitrogen and oxygen atoms in total. The maximum absolute atomic E-state index is 10.6. The highest BCUT2D eigenvalue weighted by Gasteiger charge is 2.22. The Morgan fingerprint density at radius 2 is 2.25 bits per heavy atom. The van der Waals surface area contributed by atoms with Gasteiger partial charge in [-0.15, -0.1) is 0 Å². The Balaban J connectivity index is 3.91. The maximum Gasteiger partial charge on any atom is 0.211 e. The average Bonchev–Trinajstić information content (AvgIpc) is 1.67. The van der Waals surface area contributed by atoms with Crippen molar-refractivity contribution in [3.63, 3.8) is 0 Å². The molecular formula is C5H10INO. The average molecular weight is 227 g/mol. The molecule has 0 radical (unpaired) electrons. The van der Waals surface area contributed by atoms with Gasteiger partial charge in [-0.2, -0.15) is 0 Å². The summed E-state index contributed by atoms with van der Waals surface area (Å²) in [6, 6.07) is 0. The Morgan fingerprint density at radius 3 is 2.25 bits per heavy atom. The molecule has 2 N–H and O–H groups in total. The first kappa shape index (κ1) is 8.36. The highest BCUT2D eigenvalue weighted by molar-refractivity contribution is 14.1. The van der Waals surface area contributed by atoms with E-state index in [1.54, 1.807) is 29.5 Å². The second kappa shape index (κ2) is 2.77. The van der Waals surface area contributed by atoms with Gasteiger partial charge in [0.1, 0.15) is 0 Å². The Morgan fingerprint density at radius 1 is 1.88 bits per heavy atom. The molecule has 8 heavy (non-hydrogen) atoms. The molecule has 48 valence electrons. The highest BCUT2D eigenvalue weighted by atomic mass is 127.